The molecule has 1 aromatic carbocycles. The first-order chi connectivity index (χ1) is 9.99. The summed E-state index contributed by atoms with van der Waals surface area (Å²) in [5.74, 6) is 5.61. The summed E-state index contributed by atoms with van der Waals surface area (Å²) < 4.78 is 14.0. The Labute approximate surface area is 131 Å². The first kappa shape index (κ1) is 16.7. The molecule has 0 saturated heterocycles. The van der Waals surface area contributed by atoms with Gasteiger partial charge in [0.25, 0.3) is 0 Å². The fraction of sp³-hybridized carbons (Fsp3) is 0.625. The highest BCUT2D eigenvalue weighted by molar-refractivity contribution is 6.30. The second-order valence-electron chi connectivity index (χ2n) is 6.22. The van der Waals surface area contributed by atoms with Crippen LogP contribution in [0.2, 0.25) is 5.02 Å². The monoisotopic (exact) mass is 313 g/mol. The Morgan fingerprint density at radius 2 is 2.00 bits per heavy atom. The number of halogens is 2. The molecule has 1 fully saturated rings. The molecule has 0 spiro atoms. The maximum atomic E-state index is 14.0. The van der Waals surface area contributed by atoms with Gasteiger partial charge in [0, 0.05) is 16.6 Å². The van der Waals surface area contributed by atoms with Gasteiger partial charge >= 0.3 is 0 Å². The van der Waals surface area contributed by atoms with Crippen molar-refractivity contribution in [1.82, 2.24) is 10.3 Å². The lowest BCUT2D eigenvalue weighted by Gasteiger charge is -2.48. The van der Waals surface area contributed by atoms with Gasteiger partial charge in [-0.3, -0.25) is 11.3 Å². The fourth-order valence-corrected chi connectivity index (χ4v) is 3.79. The summed E-state index contributed by atoms with van der Waals surface area (Å²) in [5.41, 5.74) is 3.53. The summed E-state index contributed by atoms with van der Waals surface area (Å²) in [6.45, 7) is 0. The van der Waals surface area contributed by atoms with Crippen molar-refractivity contribution in [2.45, 2.75) is 50.1 Å². The van der Waals surface area contributed by atoms with E-state index in [9.17, 15) is 4.39 Å². The van der Waals surface area contributed by atoms with Crippen molar-refractivity contribution in [2.75, 3.05) is 14.1 Å². The number of nitrogens with two attached hydrogens (primary N) is 1. The van der Waals surface area contributed by atoms with Gasteiger partial charge in [-0.2, -0.15) is 0 Å². The van der Waals surface area contributed by atoms with Crippen molar-refractivity contribution in [3.8, 4) is 0 Å². The predicted molar refractivity (Wildman–Crippen MR) is 85.7 cm³/mol. The number of hydrazine groups is 1. The minimum atomic E-state index is -0.218. The van der Waals surface area contributed by atoms with Crippen LogP contribution in [0.4, 0.5) is 4.39 Å². The molecule has 0 amide bonds. The normalized spacial score (nSPS) is 19.7. The largest absolute Gasteiger partial charge is 0.302 e. The molecule has 1 atom stereocenters. The van der Waals surface area contributed by atoms with E-state index >= 15 is 0 Å². The number of hydrogen-bond acceptors (Lipinski definition) is 3. The topological polar surface area (TPSA) is 41.3 Å². The molecule has 1 unspecified atom stereocenters. The van der Waals surface area contributed by atoms with E-state index < -0.39 is 0 Å². The molecule has 0 aromatic heterocycles. The van der Waals surface area contributed by atoms with Crippen molar-refractivity contribution in [3.63, 3.8) is 0 Å². The van der Waals surface area contributed by atoms with Crippen LogP contribution in [0.15, 0.2) is 18.2 Å². The number of nitrogens with one attached hydrogen (secondary N) is 1. The maximum absolute atomic E-state index is 14.0. The van der Waals surface area contributed by atoms with Crippen molar-refractivity contribution >= 4 is 11.6 Å². The van der Waals surface area contributed by atoms with Crippen molar-refractivity contribution in [1.29, 1.82) is 0 Å². The molecule has 0 heterocycles. The molecule has 3 nitrogen and oxygen atoms in total. The van der Waals surface area contributed by atoms with Crippen molar-refractivity contribution < 1.29 is 4.39 Å². The standard InChI is InChI=1S/C16H25ClFN3/c1-21(2)16(8-4-3-5-9-16)15(20-19)11-12-10-13(17)6-7-14(12)18/h6-7,10,15,20H,3-5,8-9,11,19H2,1-2H3. The molecule has 3 N–H and O–H groups in total. The molecule has 118 valence electrons. The highest BCUT2D eigenvalue weighted by Gasteiger charge is 2.41. The number of rotatable bonds is 5. The number of benzene rings is 1. The van der Waals surface area contributed by atoms with Crippen LogP contribution in [-0.2, 0) is 6.42 Å². The molecule has 1 aliphatic rings. The highest BCUT2D eigenvalue weighted by Crippen LogP contribution is 2.36. The Bertz CT molecular complexity index is 473. The van der Waals surface area contributed by atoms with Crippen LogP contribution in [0.1, 0.15) is 37.7 Å². The fourth-order valence-electron chi connectivity index (χ4n) is 3.60. The van der Waals surface area contributed by atoms with Crippen LogP contribution in [0, 0.1) is 5.82 Å². The quantitative estimate of drug-likeness (QED) is 0.648. The van der Waals surface area contributed by atoms with Crippen LogP contribution < -0.4 is 11.3 Å². The first-order valence-electron chi connectivity index (χ1n) is 7.57. The Morgan fingerprint density at radius 1 is 1.33 bits per heavy atom. The molecule has 0 aliphatic heterocycles. The molecule has 0 radical (unpaired) electrons. The van der Waals surface area contributed by atoms with Gasteiger partial charge in [0.15, 0.2) is 0 Å². The van der Waals surface area contributed by atoms with Gasteiger partial charge in [-0.25, -0.2) is 4.39 Å². The Morgan fingerprint density at radius 3 is 2.57 bits per heavy atom. The lowest BCUT2D eigenvalue weighted by molar-refractivity contribution is 0.0566. The van der Waals surface area contributed by atoms with E-state index in [4.69, 9.17) is 17.4 Å². The molecular weight excluding hydrogens is 289 g/mol. The molecule has 1 aromatic rings. The zero-order valence-corrected chi connectivity index (χ0v) is 13.6. The summed E-state index contributed by atoms with van der Waals surface area (Å²) >= 11 is 6.00. The highest BCUT2D eigenvalue weighted by atomic mass is 35.5. The van der Waals surface area contributed by atoms with Gasteiger partial charge in [0.05, 0.1) is 0 Å². The molecule has 5 heteroatoms. The molecule has 2 rings (SSSR count). The van der Waals surface area contributed by atoms with Gasteiger partial charge in [-0.05, 0) is 57.1 Å². The molecule has 21 heavy (non-hydrogen) atoms. The van der Waals surface area contributed by atoms with E-state index in [-0.39, 0.29) is 17.4 Å². The smallest absolute Gasteiger partial charge is 0.126 e. The lowest BCUT2D eigenvalue weighted by atomic mass is 9.73. The SMILES string of the molecule is CN(C)C1(C(Cc2cc(Cl)ccc2F)NN)CCCCC1. The van der Waals surface area contributed by atoms with Crippen LogP contribution in [0.25, 0.3) is 0 Å². The van der Waals surface area contributed by atoms with Crippen LogP contribution in [-0.4, -0.2) is 30.6 Å². The average Bonchev–Trinajstić information content (AvgIpc) is 2.48. The zero-order valence-electron chi connectivity index (χ0n) is 12.8. The molecule has 0 bridgehead atoms. The zero-order chi connectivity index (χ0) is 15.5. The van der Waals surface area contributed by atoms with Crippen LogP contribution in [0.3, 0.4) is 0 Å². The van der Waals surface area contributed by atoms with Gasteiger partial charge < -0.3 is 4.90 Å². The lowest BCUT2D eigenvalue weighted by Crippen LogP contribution is -2.62. The molecular formula is C16H25ClFN3. The van der Waals surface area contributed by atoms with Crippen molar-refractivity contribution in [2.24, 2.45) is 5.84 Å². The third kappa shape index (κ3) is 3.57. The Balaban J connectivity index is 2.26. The summed E-state index contributed by atoms with van der Waals surface area (Å²) in [5, 5.41) is 0.560. The molecule has 1 saturated carbocycles. The number of hydrogen-bond donors (Lipinski definition) is 2. The van der Waals surface area contributed by atoms with E-state index in [1.807, 2.05) is 0 Å². The maximum Gasteiger partial charge on any atom is 0.126 e. The van der Waals surface area contributed by atoms with Crippen molar-refractivity contribution in [3.05, 3.63) is 34.6 Å². The summed E-state index contributed by atoms with van der Waals surface area (Å²) in [6.07, 6.45) is 6.34. The second-order valence-corrected chi connectivity index (χ2v) is 6.65. The third-order valence-electron chi connectivity index (χ3n) is 4.89. The van der Waals surface area contributed by atoms with Gasteiger partial charge in [-0.1, -0.05) is 30.9 Å². The Hall–Kier alpha value is -0.680. The van der Waals surface area contributed by atoms with E-state index in [2.05, 4.69) is 24.4 Å². The summed E-state index contributed by atoms with van der Waals surface area (Å²) in [4.78, 5) is 2.25. The molecule has 1 aliphatic carbocycles. The van der Waals surface area contributed by atoms with E-state index in [1.165, 1.54) is 25.3 Å². The average molecular weight is 314 g/mol. The first-order valence-corrected chi connectivity index (χ1v) is 7.95. The minimum absolute atomic E-state index is 0.000710. The van der Waals surface area contributed by atoms with Gasteiger partial charge in [0.2, 0.25) is 0 Å². The van der Waals surface area contributed by atoms with E-state index in [0.717, 1.165) is 12.8 Å². The third-order valence-corrected chi connectivity index (χ3v) is 5.13. The van der Waals surface area contributed by atoms with Crippen LogP contribution >= 0.6 is 11.6 Å². The van der Waals surface area contributed by atoms with Crippen LogP contribution in [0.5, 0.6) is 0 Å². The summed E-state index contributed by atoms with van der Waals surface area (Å²) in [7, 11) is 4.17. The van der Waals surface area contributed by atoms with E-state index in [0.29, 0.717) is 17.0 Å². The number of nitrogens with zero attached hydrogens (tertiary/aromatic N) is 1. The second kappa shape index (κ2) is 7.05. The summed E-state index contributed by atoms with van der Waals surface area (Å²) in [6, 6.07) is 4.70. The predicted octanol–water partition coefficient (Wildman–Crippen LogP) is 3.12. The minimum Gasteiger partial charge on any atom is -0.302 e. The Kier molecular flexibility index (Phi) is 5.60. The van der Waals surface area contributed by atoms with Gasteiger partial charge in [-0.15, -0.1) is 0 Å². The van der Waals surface area contributed by atoms with E-state index in [1.54, 1.807) is 12.1 Å². The number of likely N-dealkylation sites (N-methyl/N-ethyl adjacent to an activating group) is 1. The van der Waals surface area contributed by atoms with Gasteiger partial charge in [0.1, 0.15) is 5.82 Å².